The first kappa shape index (κ1) is 23.1. The normalized spacial score (nSPS) is 13.6. The molecule has 0 atom stereocenters. The second-order valence-electron chi connectivity index (χ2n) is 8.39. The quantitative estimate of drug-likeness (QED) is 0.418. The number of nitrogens with one attached hydrogen (secondary N) is 1. The van der Waals surface area contributed by atoms with Crippen molar-refractivity contribution in [2.24, 2.45) is 0 Å². The van der Waals surface area contributed by atoms with Gasteiger partial charge in [-0.2, -0.15) is 5.10 Å². The number of ether oxygens (including phenoxy) is 1. The van der Waals surface area contributed by atoms with Gasteiger partial charge in [-0.3, -0.25) is 9.48 Å². The topological polar surface area (TPSA) is 72.3 Å². The number of amides is 1. The summed E-state index contributed by atoms with van der Waals surface area (Å²) in [6.45, 7) is 4.05. The molecular formula is C27H26ClN5O2. The average molecular weight is 488 g/mol. The van der Waals surface area contributed by atoms with Crippen LogP contribution in [0.3, 0.4) is 0 Å². The second-order valence-corrected chi connectivity index (χ2v) is 8.82. The van der Waals surface area contributed by atoms with Crippen LogP contribution in [-0.4, -0.2) is 47.0 Å². The van der Waals surface area contributed by atoms with Gasteiger partial charge in [0.1, 0.15) is 11.5 Å². The van der Waals surface area contributed by atoms with Gasteiger partial charge in [0.2, 0.25) is 0 Å². The number of pyridine rings is 1. The van der Waals surface area contributed by atoms with Crippen LogP contribution in [0.5, 0.6) is 0 Å². The van der Waals surface area contributed by atoms with Crippen LogP contribution in [0.1, 0.15) is 21.5 Å². The number of carbonyl (C=O) groups is 1. The van der Waals surface area contributed by atoms with Crippen molar-refractivity contribution >= 4 is 23.3 Å². The summed E-state index contributed by atoms with van der Waals surface area (Å²) < 4.78 is 7.20. The molecule has 8 heteroatoms. The fourth-order valence-electron chi connectivity index (χ4n) is 4.04. The highest BCUT2D eigenvalue weighted by Crippen LogP contribution is 2.24. The molecule has 5 rings (SSSR count). The van der Waals surface area contributed by atoms with Gasteiger partial charge in [0.05, 0.1) is 25.3 Å². The van der Waals surface area contributed by atoms with Crippen LogP contribution in [0, 0.1) is 0 Å². The fourth-order valence-corrected chi connectivity index (χ4v) is 4.16. The van der Waals surface area contributed by atoms with Crippen LogP contribution in [0.25, 0.3) is 11.3 Å². The Kier molecular flexibility index (Phi) is 7.07. The van der Waals surface area contributed by atoms with Crippen molar-refractivity contribution in [2.75, 3.05) is 31.2 Å². The molecule has 0 spiro atoms. The third-order valence-electron chi connectivity index (χ3n) is 5.91. The van der Waals surface area contributed by atoms with E-state index < -0.39 is 0 Å². The summed E-state index contributed by atoms with van der Waals surface area (Å²) in [6.07, 6.45) is 3.61. The molecular weight excluding hydrogens is 462 g/mol. The third-order valence-corrected chi connectivity index (χ3v) is 6.16. The fraction of sp³-hybridized carbons (Fsp3) is 0.222. The molecule has 0 radical (unpaired) electrons. The predicted octanol–water partition coefficient (Wildman–Crippen LogP) is 4.41. The Labute approximate surface area is 209 Å². The number of hydrogen-bond acceptors (Lipinski definition) is 5. The monoisotopic (exact) mass is 487 g/mol. The summed E-state index contributed by atoms with van der Waals surface area (Å²) in [6, 6.07) is 21.4. The summed E-state index contributed by atoms with van der Waals surface area (Å²) in [7, 11) is 0. The van der Waals surface area contributed by atoms with Crippen LogP contribution in [-0.2, 0) is 17.8 Å². The Bertz CT molecular complexity index is 1270. The largest absolute Gasteiger partial charge is 0.378 e. The zero-order valence-electron chi connectivity index (χ0n) is 19.2. The number of carbonyl (C=O) groups excluding carboxylic acids is 1. The van der Waals surface area contributed by atoms with Gasteiger partial charge < -0.3 is 15.0 Å². The van der Waals surface area contributed by atoms with E-state index in [4.69, 9.17) is 21.4 Å². The van der Waals surface area contributed by atoms with Crippen molar-refractivity contribution < 1.29 is 9.53 Å². The number of halogens is 1. The Morgan fingerprint density at radius 1 is 0.971 bits per heavy atom. The predicted molar refractivity (Wildman–Crippen MR) is 137 cm³/mol. The first-order chi connectivity index (χ1) is 17.2. The van der Waals surface area contributed by atoms with E-state index in [0.717, 1.165) is 35.6 Å². The summed E-state index contributed by atoms with van der Waals surface area (Å²) >= 11 is 6.07. The van der Waals surface area contributed by atoms with E-state index in [9.17, 15) is 4.79 Å². The van der Waals surface area contributed by atoms with Crippen molar-refractivity contribution in [3.8, 4) is 11.3 Å². The van der Waals surface area contributed by atoms with Gasteiger partial charge in [0, 0.05) is 42.6 Å². The number of nitrogens with zero attached hydrogens (tertiary/aromatic N) is 4. The van der Waals surface area contributed by atoms with Crippen LogP contribution in [0.2, 0.25) is 5.02 Å². The summed E-state index contributed by atoms with van der Waals surface area (Å²) in [5, 5.41) is 8.39. The zero-order valence-corrected chi connectivity index (χ0v) is 20.0. The molecule has 3 heterocycles. The summed E-state index contributed by atoms with van der Waals surface area (Å²) in [4.78, 5) is 20.0. The standard InChI is InChI=1S/C27H26ClN5O2/c28-23-9-7-22(8-10-23)26-24(19-33(31-26)18-20-4-2-1-3-5-20)27(34)30-17-21-6-11-25(29-16-21)32-12-14-35-15-13-32/h1-11,16,19H,12-15,17-18H2,(H,30,34). The summed E-state index contributed by atoms with van der Waals surface area (Å²) in [5.74, 6) is 0.738. The molecule has 1 N–H and O–H groups in total. The molecule has 1 aliphatic heterocycles. The first-order valence-electron chi connectivity index (χ1n) is 11.6. The Morgan fingerprint density at radius 2 is 1.74 bits per heavy atom. The molecule has 1 saturated heterocycles. The highest BCUT2D eigenvalue weighted by molar-refractivity contribution is 6.30. The van der Waals surface area contributed by atoms with Gasteiger partial charge in [0.15, 0.2) is 0 Å². The number of rotatable bonds is 7. The van der Waals surface area contributed by atoms with E-state index in [1.165, 1.54) is 0 Å². The minimum Gasteiger partial charge on any atom is -0.378 e. The van der Waals surface area contributed by atoms with E-state index >= 15 is 0 Å². The van der Waals surface area contributed by atoms with E-state index in [1.54, 1.807) is 23.0 Å². The minimum atomic E-state index is -0.188. The Balaban J connectivity index is 1.32. The molecule has 178 valence electrons. The molecule has 0 saturated carbocycles. The minimum absolute atomic E-state index is 0.188. The molecule has 4 aromatic rings. The Morgan fingerprint density at radius 3 is 2.46 bits per heavy atom. The number of morpholine rings is 1. The van der Waals surface area contributed by atoms with Crippen LogP contribution >= 0.6 is 11.6 Å². The molecule has 0 bridgehead atoms. The van der Waals surface area contributed by atoms with Crippen LogP contribution in [0.4, 0.5) is 5.82 Å². The van der Waals surface area contributed by atoms with Gasteiger partial charge in [-0.25, -0.2) is 4.98 Å². The first-order valence-corrected chi connectivity index (χ1v) is 12.0. The van der Waals surface area contributed by atoms with Gasteiger partial charge in [-0.05, 0) is 29.3 Å². The maximum atomic E-state index is 13.2. The molecule has 1 amide bonds. The van der Waals surface area contributed by atoms with E-state index in [0.29, 0.717) is 42.6 Å². The third kappa shape index (κ3) is 5.70. The van der Waals surface area contributed by atoms with E-state index in [2.05, 4.69) is 15.2 Å². The lowest BCUT2D eigenvalue weighted by atomic mass is 10.1. The van der Waals surface area contributed by atoms with E-state index in [-0.39, 0.29) is 5.91 Å². The summed E-state index contributed by atoms with van der Waals surface area (Å²) in [5.41, 5.74) is 4.01. The lowest BCUT2D eigenvalue weighted by Gasteiger charge is -2.27. The van der Waals surface area contributed by atoms with Crippen LogP contribution in [0.15, 0.2) is 79.1 Å². The molecule has 0 unspecified atom stereocenters. The van der Waals surface area contributed by atoms with Crippen molar-refractivity contribution in [3.05, 3.63) is 101 Å². The number of benzene rings is 2. The van der Waals surface area contributed by atoms with Crippen molar-refractivity contribution in [2.45, 2.75) is 13.1 Å². The molecule has 1 fully saturated rings. The number of aromatic nitrogens is 3. The van der Waals surface area contributed by atoms with Crippen LogP contribution < -0.4 is 10.2 Å². The maximum Gasteiger partial charge on any atom is 0.255 e. The molecule has 2 aromatic carbocycles. The van der Waals surface area contributed by atoms with Gasteiger partial charge in [-0.15, -0.1) is 0 Å². The highest BCUT2D eigenvalue weighted by Gasteiger charge is 2.18. The Hall–Kier alpha value is -3.68. The zero-order chi connectivity index (χ0) is 24.0. The maximum absolute atomic E-state index is 13.2. The highest BCUT2D eigenvalue weighted by atomic mass is 35.5. The smallest absolute Gasteiger partial charge is 0.255 e. The SMILES string of the molecule is O=C(NCc1ccc(N2CCOCC2)nc1)c1cn(Cc2ccccc2)nc1-c1ccc(Cl)cc1. The lowest BCUT2D eigenvalue weighted by Crippen LogP contribution is -2.36. The molecule has 7 nitrogen and oxygen atoms in total. The molecule has 1 aliphatic rings. The molecule has 0 aliphatic carbocycles. The van der Waals surface area contributed by atoms with Crippen molar-refractivity contribution in [1.29, 1.82) is 0 Å². The molecule has 2 aromatic heterocycles. The van der Waals surface area contributed by atoms with Gasteiger partial charge >= 0.3 is 0 Å². The van der Waals surface area contributed by atoms with Crippen molar-refractivity contribution in [1.82, 2.24) is 20.1 Å². The average Bonchev–Trinajstić information content (AvgIpc) is 3.33. The molecule has 35 heavy (non-hydrogen) atoms. The lowest BCUT2D eigenvalue weighted by molar-refractivity contribution is 0.0951. The second kappa shape index (κ2) is 10.7. The number of anilines is 1. The van der Waals surface area contributed by atoms with Gasteiger partial charge in [-0.1, -0.05) is 60.1 Å². The van der Waals surface area contributed by atoms with E-state index in [1.807, 2.05) is 60.8 Å². The van der Waals surface area contributed by atoms with Crippen molar-refractivity contribution in [3.63, 3.8) is 0 Å². The van der Waals surface area contributed by atoms with Gasteiger partial charge in [0.25, 0.3) is 5.91 Å². The number of hydrogen-bond donors (Lipinski definition) is 1.